The molecule has 1 amide bonds. The number of hydrogen-bond donors (Lipinski definition) is 0. The van der Waals surface area contributed by atoms with Crippen LogP contribution < -0.4 is 9.75 Å². The lowest BCUT2D eigenvalue weighted by Crippen LogP contribution is -2.21. The van der Waals surface area contributed by atoms with Gasteiger partial charge in [0.25, 0.3) is 11.6 Å². The number of benzene rings is 2. The van der Waals surface area contributed by atoms with E-state index in [1.54, 1.807) is 31.2 Å². The predicted octanol–water partition coefficient (Wildman–Crippen LogP) is 3.41. The van der Waals surface area contributed by atoms with Gasteiger partial charge in [-0.05, 0) is 37.3 Å². The quantitative estimate of drug-likeness (QED) is 0.486. The normalized spacial score (nSPS) is 15.4. The van der Waals surface area contributed by atoms with Gasteiger partial charge in [-0.15, -0.1) is 0 Å². The highest BCUT2D eigenvalue weighted by Gasteiger charge is 2.29. The van der Waals surface area contributed by atoms with Crippen LogP contribution in [0.15, 0.2) is 59.2 Å². The molecule has 1 heterocycles. The SMILES string of the molecule is COc1ccc(/C=C2\C(=O)N(c3ccccc3)N=C2C)c([N+](=O)[O-])c1. The summed E-state index contributed by atoms with van der Waals surface area (Å²) in [5.41, 5.74) is 1.64. The molecule has 1 aliphatic heterocycles. The van der Waals surface area contributed by atoms with Gasteiger partial charge in [-0.1, -0.05) is 18.2 Å². The van der Waals surface area contributed by atoms with E-state index < -0.39 is 4.92 Å². The van der Waals surface area contributed by atoms with E-state index in [4.69, 9.17) is 4.74 Å². The van der Waals surface area contributed by atoms with Crippen LogP contribution in [0, 0.1) is 10.1 Å². The Morgan fingerprint density at radius 2 is 1.92 bits per heavy atom. The van der Waals surface area contributed by atoms with Crippen molar-refractivity contribution in [2.75, 3.05) is 12.1 Å². The number of para-hydroxylation sites is 1. The minimum Gasteiger partial charge on any atom is -0.497 e. The molecule has 126 valence electrons. The van der Waals surface area contributed by atoms with Crippen LogP contribution >= 0.6 is 0 Å². The molecule has 0 unspecified atom stereocenters. The average molecular weight is 337 g/mol. The number of hydrogen-bond acceptors (Lipinski definition) is 5. The van der Waals surface area contributed by atoms with Crippen LogP contribution in [-0.2, 0) is 4.79 Å². The predicted molar refractivity (Wildman–Crippen MR) is 94.7 cm³/mol. The van der Waals surface area contributed by atoms with Crippen molar-refractivity contribution in [1.82, 2.24) is 0 Å². The van der Waals surface area contributed by atoms with Crippen molar-refractivity contribution in [1.29, 1.82) is 0 Å². The third-order valence-electron chi connectivity index (χ3n) is 3.80. The second-order valence-electron chi connectivity index (χ2n) is 5.38. The summed E-state index contributed by atoms with van der Waals surface area (Å²) in [7, 11) is 1.44. The number of nitro benzene ring substituents is 1. The zero-order valence-corrected chi connectivity index (χ0v) is 13.7. The van der Waals surface area contributed by atoms with Crippen LogP contribution in [0.3, 0.4) is 0 Å². The first-order valence-electron chi connectivity index (χ1n) is 7.50. The van der Waals surface area contributed by atoms with E-state index in [1.807, 2.05) is 18.2 Å². The van der Waals surface area contributed by atoms with Crippen molar-refractivity contribution >= 4 is 29.1 Å². The number of nitro groups is 1. The maximum Gasteiger partial charge on any atom is 0.280 e. The molecular weight excluding hydrogens is 322 g/mol. The summed E-state index contributed by atoms with van der Waals surface area (Å²) in [4.78, 5) is 23.5. The summed E-state index contributed by atoms with van der Waals surface area (Å²) in [5.74, 6) is 0.0525. The standard InChI is InChI=1S/C18H15N3O4/c1-12-16(18(22)20(19-12)14-6-4-3-5-7-14)10-13-8-9-15(25-2)11-17(13)21(23)24/h3-11H,1-2H3/b16-10-. The van der Waals surface area contributed by atoms with Gasteiger partial charge >= 0.3 is 0 Å². The summed E-state index contributed by atoms with van der Waals surface area (Å²) in [6, 6.07) is 13.5. The first kappa shape index (κ1) is 16.4. The molecule has 3 rings (SSSR count). The van der Waals surface area contributed by atoms with E-state index in [0.29, 0.717) is 28.3 Å². The van der Waals surface area contributed by atoms with Gasteiger partial charge in [0.15, 0.2) is 0 Å². The van der Waals surface area contributed by atoms with E-state index >= 15 is 0 Å². The number of hydrazone groups is 1. The lowest BCUT2D eigenvalue weighted by atomic mass is 10.1. The lowest BCUT2D eigenvalue weighted by molar-refractivity contribution is -0.385. The monoisotopic (exact) mass is 337 g/mol. The topological polar surface area (TPSA) is 85.0 Å². The Kier molecular flexibility index (Phi) is 4.30. The van der Waals surface area contributed by atoms with Crippen LogP contribution in [0.2, 0.25) is 0 Å². The maximum atomic E-state index is 12.7. The molecule has 25 heavy (non-hydrogen) atoms. The Morgan fingerprint density at radius 3 is 2.56 bits per heavy atom. The Hall–Kier alpha value is -3.48. The third kappa shape index (κ3) is 3.12. The Morgan fingerprint density at radius 1 is 1.20 bits per heavy atom. The average Bonchev–Trinajstić information content (AvgIpc) is 2.90. The van der Waals surface area contributed by atoms with Crippen molar-refractivity contribution in [2.24, 2.45) is 5.10 Å². The summed E-state index contributed by atoms with van der Waals surface area (Å²) in [6.07, 6.45) is 1.49. The smallest absolute Gasteiger partial charge is 0.280 e. The van der Waals surface area contributed by atoms with Crippen LogP contribution in [0.1, 0.15) is 12.5 Å². The highest BCUT2D eigenvalue weighted by Crippen LogP contribution is 2.29. The molecule has 7 nitrogen and oxygen atoms in total. The van der Waals surface area contributed by atoms with Gasteiger partial charge in [0.05, 0.1) is 40.6 Å². The molecule has 0 aromatic heterocycles. The minimum absolute atomic E-state index is 0.134. The van der Waals surface area contributed by atoms with Crippen molar-refractivity contribution < 1.29 is 14.5 Å². The summed E-state index contributed by atoms with van der Waals surface area (Å²) >= 11 is 0. The van der Waals surface area contributed by atoms with E-state index in [0.717, 1.165) is 0 Å². The van der Waals surface area contributed by atoms with Crippen LogP contribution in [0.4, 0.5) is 11.4 Å². The molecule has 0 bridgehead atoms. The first-order valence-corrected chi connectivity index (χ1v) is 7.50. The number of carbonyl (C=O) groups excluding carboxylic acids is 1. The Labute approximate surface area is 144 Å². The molecular formula is C18H15N3O4. The highest BCUT2D eigenvalue weighted by molar-refractivity contribution is 6.32. The Balaban J connectivity index is 2.02. The zero-order valence-electron chi connectivity index (χ0n) is 13.7. The number of methoxy groups -OCH3 is 1. The highest BCUT2D eigenvalue weighted by atomic mass is 16.6. The number of rotatable bonds is 4. The summed E-state index contributed by atoms with van der Waals surface area (Å²) in [5, 5.41) is 16.9. The van der Waals surface area contributed by atoms with Crippen LogP contribution in [-0.4, -0.2) is 23.7 Å². The Bertz CT molecular complexity index is 904. The molecule has 0 saturated carbocycles. The first-order chi connectivity index (χ1) is 12.0. The largest absolute Gasteiger partial charge is 0.497 e. The van der Waals surface area contributed by atoms with Crippen molar-refractivity contribution in [3.05, 3.63) is 69.8 Å². The molecule has 7 heteroatoms. The maximum absolute atomic E-state index is 12.7. The molecule has 2 aromatic carbocycles. The molecule has 2 aromatic rings. The fourth-order valence-corrected chi connectivity index (χ4v) is 2.51. The molecule has 0 spiro atoms. The van der Waals surface area contributed by atoms with Gasteiger partial charge < -0.3 is 4.74 Å². The fraction of sp³-hybridized carbons (Fsp3) is 0.111. The van der Waals surface area contributed by atoms with Crippen molar-refractivity contribution in [3.63, 3.8) is 0 Å². The molecule has 0 saturated heterocycles. The van der Waals surface area contributed by atoms with Crippen LogP contribution in [0.25, 0.3) is 6.08 Å². The number of ether oxygens (including phenoxy) is 1. The van der Waals surface area contributed by atoms with Crippen molar-refractivity contribution in [2.45, 2.75) is 6.92 Å². The second-order valence-corrected chi connectivity index (χ2v) is 5.38. The van der Waals surface area contributed by atoms with E-state index in [1.165, 1.54) is 24.3 Å². The lowest BCUT2D eigenvalue weighted by Gasteiger charge is -2.11. The van der Waals surface area contributed by atoms with E-state index in [2.05, 4.69) is 5.10 Å². The van der Waals surface area contributed by atoms with E-state index in [9.17, 15) is 14.9 Å². The van der Waals surface area contributed by atoms with E-state index in [-0.39, 0.29) is 11.6 Å². The van der Waals surface area contributed by atoms with Gasteiger partial charge in [-0.25, -0.2) is 0 Å². The molecule has 0 N–H and O–H groups in total. The molecule has 1 aliphatic rings. The number of carbonyl (C=O) groups is 1. The number of nitrogens with zero attached hydrogens (tertiary/aromatic N) is 3. The van der Waals surface area contributed by atoms with Crippen LogP contribution in [0.5, 0.6) is 5.75 Å². The summed E-state index contributed by atoms with van der Waals surface area (Å²) in [6.45, 7) is 1.70. The van der Waals surface area contributed by atoms with Gasteiger partial charge in [0, 0.05) is 0 Å². The summed E-state index contributed by atoms with van der Waals surface area (Å²) < 4.78 is 5.02. The minimum atomic E-state index is -0.504. The molecule has 0 fully saturated rings. The van der Waals surface area contributed by atoms with Crippen molar-refractivity contribution in [3.8, 4) is 5.75 Å². The second kappa shape index (κ2) is 6.56. The molecule has 0 radical (unpaired) electrons. The fourth-order valence-electron chi connectivity index (χ4n) is 2.51. The number of amides is 1. The van der Waals surface area contributed by atoms with Gasteiger partial charge in [-0.2, -0.15) is 10.1 Å². The molecule has 0 aliphatic carbocycles. The number of anilines is 1. The van der Waals surface area contributed by atoms with Gasteiger partial charge in [0.2, 0.25) is 0 Å². The van der Waals surface area contributed by atoms with Gasteiger partial charge in [-0.3, -0.25) is 14.9 Å². The van der Waals surface area contributed by atoms with Gasteiger partial charge in [0.1, 0.15) is 5.75 Å². The molecule has 0 atom stereocenters. The third-order valence-corrected chi connectivity index (χ3v) is 3.80. The zero-order chi connectivity index (χ0) is 18.0.